The number of carbonyl (C=O) groups is 1. The quantitative estimate of drug-likeness (QED) is 0.308. The highest BCUT2D eigenvalue weighted by Gasteiger charge is 2.47. The van der Waals surface area contributed by atoms with Gasteiger partial charge in [-0.3, -0.25) is 13.9 Å². The first-order valence-corrected chi connectivity index (χ1v) is 13.6. The number of alkyl halides is 1. The summed E-state index contributed by atoms with van der Waals surface area (Å²) in [5, 5.41) is 5.93. The number of imidazole rings is 1. The van der Waals surface area contributed by atoms with Gasteiger partial charge in [0, 0.05) is 18.4 Å². The molecule has 1 aliphatic carbocycles. The molecule has 0 aromatic carbocycles. The molecule has 2 aliphatic rings. The normalized spacial score (nSPS) is 26.5. The molecule has 4 rings (SSSR count). The Balaban J connectivity index is 1.42. The second-order valence-electron chi connectivity index (χ2n) is 9.88. The van der Waals surface area contributed by atoms with E-state index < -0.39 is 38.9 Å². The van der Waals surface area contributed by atoms with E-state index in [1.165, 1.54) is 6.92 Å². The second-order valence-corrected chi connectivity index (χ2v) is 11.0. The van der Waals surface area contributed by atoms with Crippen molar-refractivity contribution in [3.63, 3.8) is 0 Å². The summed E-state index contributed by atoms with van der Waals surface area (Å²) >= 11 is 0. The lowest BCUT2D eigenvalue weighted by Crippen LogP contribution is -2.34. The Hall–Kier alpha value is -2.34. The molecule has 2 aromatic heterocycles. The zero-order valence-electron chi connectivity index (χ0n) is 21.0. The average Bonchev–Trinajstić information content (AvgIpc) is 3.51. The summed E-state index contributed by atoms with van der Waals surface area (Å²) in [7, 11) is -2.92. The Labute approximate surface area is 209 Å². The lowest BCUT2D eigenvalue weighted by molar-refractivity contribution is -0.172. The molecule has 1 saturated heterocycles. The third-order valence-electron chi connectivity index (χ3n) is 6.31. The maximum absolute atomic E-state index is 15.6. The molecule has 0 spiro atoms. The number of nitrogens with two attached hydrogens (primary N) is 1. The number of aromatic nitrogens is 4. The number of nitrogen functional groups attached to an aromatic ring is 1. The van der Waals surface area contributed by atoms with Gasteiger partial charge in [-0.05, 0) is 33.6 Å². The molecule has 1 aliphatic heterocycles. The fraction of sp³-hybridized carbons (Fsp3) is 0.727. The van der Waals surface area contributed by atoms with E-state index in [9.17, 15) is 9.36 Å². The third-order valence-corrected chi connectivity index (χ3v) is 7.39. The number of rotatable bonds is 10. The number of hydrogen-bond acceptors (Lipinski definition) is 10. The zero-order chi connectivity index (χ0) is 26.0. The van der Waals surface area contributed by atoms with Crippen molar-refractivity contribution in [1.29, 1.82) is 0 Å². The molecule has 0 bridgehead atoms. The number of carbonyl (C=O) groups excluding carboxylic acids is 1. The maximum Gasteiger partial charge on any atom is 0.323 e. The summed E-state index contributed by atoms with van der Waals surface area (Å²) in [6.45, 7) is 6.19. The molecule has 1 unspecified atom stereocenters. The minimum Gasteiger partial charge on any atom is -0.462 e. The van der Waals surface area contributed by atoms with E-state index in [1.807, 2.05) is 6.92 Å². The molecule has 12 nitrogen and oxygen atoms in total. The number of fused-ring (bicyclic) bond motifs is 1. The first-order chi connectivity index (χ1) is 17.0. The van der Waals surface area contributed by atoms with Crippen LogP contribution in [0.3, 0.4) is 0 Å². The number of esters is 1. The van der Waals surface area contributed by atoms with Crippen LogP contribution in [0.4, 0.5) is 16.2 Å². The van der Waals surface area contributed by atoms with Crippen LogP contribution in [0.25, 0.3) is 11.2 Å². The van der Waals surface area contributed by atoms with Crippen molar-refractivity contribution < 1.29 is 27.7 Å². The van der Waals surface area contributed by atoms with E-state index in [0.29, 0.717) is 23.0 Å². The SMILES string of the molecule is CC(C)OC(=O)[C@H](C)N[PH](=O)OC[C@]1(F)C[C@H](C)[C@H](n2cnc3c(NC4CCCC4)nc(N)nc32)O1. The lowest BCUT2D eigenvalue weighted by atomic mass is 10.1. The minimum absolute atomic E-state index is 0.00514. The van der Waals surface area contributed by atoms with Gasteiger partial charge in [-0.15, -0.1) is 0 Å². The van der Waals surface area contributed by atoms with Gasteiger partial charge in [0.15, 0.2) is 17.0 Å². The summed E-state index contributed by atoms with van der Waals surface area (Å²) in [5.74, 6) is -2.39. The Morgan fingerprint density at radius 1 is 1.36 bits per heavy atom. The van der Waals surface area contributed by atoms with Crippen LogP contribution in [0, 0.1) is 5.92 Å². The van der Waals surface area contributed by atoms with Gasteiger partial charge < -0.3 is 25.0 Å². The molecule has 4 N–H and O–H groups in total. The summed E-state index contributed by atoms with van der Waals surface area (Å²) < 4.78 is 45.5. The topological polar surface area (TPSA) is 156 Å². The summed E-state index contributed by atoms with van der Waals surface area (Å²) in [6.07, 6.45) is 4.93. The van der Waals surface area contributed by atoms with Gasteiger partial charge >= 0.3 is 5.97 Å². The highest BCUT2D eigenvalue weighted by Crippen LogP contribution is 2.44. The fourth-order valence-corrected chi connectivity index (χ4v) is 5.56. The van der Waals surface area contributed by atoms with E-state index in [2.05, 4.69) is 25.4 Å². The average molecular weight is 528 g/mol. The molecule has 0 radical (unpaired) electrons. The molecule has 200 valence electrons. The van der Waals surface area contributed by atoms with Gasteiger partial charge in [0.1, 0.15) is 18.9 Å². The number of halogens is 1. The molecule has 2 aromatic rings. The molecule has 36 heavy (non-hydrogen) atoms. The lowest BCUT2D eigenvalue weighted by Gasteiger charge is -2.22. The Morgan fingerprint density at radius 3 is 2.78 bits per heavy atom. The van der Waals surface area contributed by atoms with E-state index in [4.69, 9.17) is 19.7 Å². The van der Waals surface area contributed by atoms with Crippen molar-refractivity contribution >= 4 is 37.1 Å². The van der Waals surface area contributed by atoms with Crippen molar-refractivity contribution in [2.45, 2.75) is 90.1 Å². The van der Waals surface area contributed by atoms with Crippen LogP contribution in [-0.4, -0.2) is 56.1 Å². The smallest absolute Gasteiger partial charge is 0.323 e. The van der Waals surface area contributed by atoms with Gasteiger partial charge in [0.25, 0.3) is 8.18 Å². The predicted octanol–water partition coefficient (Wildman–Crippen LogP) is 3.32. The van der Waals surface area contributed by atoms with Gasteiger partial charge in [-0.1, -0.05) is 19.8 Å². The van der Waals surface area contributed by atoms with Crippen molar-refractivity contribution in [1.82, 2.24) is 24.6 Å². The molecule has 5 atom stereocenters. The number of anilines is 2. The van der Waals surface area contributed by atoms with E-state index >= 15 is 4.39 Å². The molecule has 0 amide bonds. The van der Waals surface area contributed by atoms with E-state index in [1.54, 1.807) is 24.7 Å². The first-order valence-electron chi connectivity index (χ1n) is 12.3. The van der Waals surface area contributed by atoms with Gasteiger partial charge in [0.05, 0.1) is 12.4 Å². The second kappa shape index (κ2) is 11.0. The molecule has 1 saturated carbocycles. The van der Waals surface area contributed by atoms with E-state index in [0.717, 1.165) is 25.7 Å². The van der Waals surface area contributed by atoms with Crippen molar-refractivity contribution in [3.05, 3.63) is 6.33 Å². The predicted molar refractivity (Wildman–Crippen MR) is 132 cm³/mol. The minimum atomic E-state index is -2.92. The Kier molecular flexibility index (Phi) is 8.13. The van der Waals surface area contributed by atoms with Crippen LogP contribution >= 0.6 is 8.18 Å². The monoisotopic (exact) mass is 527 g/mol. The molecular formula is C22H35FN7O5P. The van der Waals surface area contributed by atoms with Crippen LogP contribution < -0.4 is 16.1 Å². The Morgan fingerprint density at radius 2 is 2.08 bits per heavy atom. The van der Waals surface area contributed by atoms with Gasteiger partial charge in [0.2, 0.25) is 11.8 Å². The molecule has 3 heterocycles. The fourth-order valence-electron chi connectivity index (χ4n) is 4.65. The molecule has 14 heteroatoms. The van der Waals surface area contributed by atoms with Crippen molar-refractivity contribution in [3.8, 4) is 0 Å². The van der Waals surface area contributed by atoms with Crippen LogP contribution in [0.2, 0.25) is 0 Å². The number of ether oxygens (including phenoxy) is 2. The standard InChI is InChI=1S/C22H35FN7O5P/c1-12(2)34-20(31)14(4)29-36(32)33-10-22(23)9-13(3)19(35-22)30-11-25-16-17(26-15-7-5-6-8-15)27-21(24)28-18(16)30/h11-15,19,36H,5-10H2,1-4H3,(H,29,32)(H3,24,26,27,28)/t13-,14-,19+,22-/m0/s1. The number of hydrogen-bond donors (Lipinski definition) is 3. The van der Waals surface area contributed by atoms with Crippen LogP contribution in [-0.2, 0) is 23.4 Å². The summed E-state index contributed by atoms with van der Waals surface area (Å²) in [4.78, 5) is 25.0. The number of nitrogens with zero attached hydrogens (tertiary/aromatic N) is 4. The largest absolute Gasteiger partial charge is 0.462 e. The van der Waals surface area contributed by atoms with Crippen molar-refractivity contribution in [2.24, 2.45) is 5.92 Å². The highest BCUT2D eigenvalue weighted by atomic mass is 31.1. The molecule has 2 fully saturated rings. The van der Waals surface area contributed by atoms with Gasteiger partial charge in [-0.25, -0.2) is 14.5 Å². The third kappa shape index (κ3) is 6.13. The molecular weight excluding hydrogens is 492 g/mol. The van der Waals surface area contributed by atoms with E-state index in [-0.39, 0.29) is 24.4 Å². The zero-order valence-corrected chi connectivity index (χ0v) is 22.0. The van der Waals surface area contributed by atoms with Crippen LogP contribution in [0.1, 0.15) is 66.0 Å². The van der Waals surface area contributed by atoms with Crippen LogP contribution in [0.15, 0.2) is 6.33 Å². The van der Waals surface area contributed by atoms with Gasteiger partial charge in [-0.2, -0.15) is 9.97 Å². The first kappa shape index (κ1) is 26.7. The summed E-state index contributed by atoms with van der Waals surface area (Å²) in [5.41, 5.74) is 6.95. The maximum atomic E-state index is 15.6. The Bertz CT molecular complexity index is 1110. The van der Waals surface area contributed by atoms with Crippen molar-refractivity contribution in [2.75, 3.05) is 17.7 Å². The highest BCUT2D eigenvalue weighted by molar-refractivity contribution is 7.36. The number of nitrogens with one attached hydrogen (secondary N) is 2. The van der Waals surface area contributed by atoms with Crippen LogP contribution in [0.5, 0.6) is 0 Å². The summed E-state index contributed by atoms with van der Waals surface area (Å²) in [6, 6.07) is -0.559.